The van der Waals surface area contributed by atoms with Crippen LogP contribution in [0.5, 0.6) is 5.75 Å². The van der Waals surface area contributed by atoms with Crippen molar-refractivity contribution in [3.05, 3.63) is 39.7 Å². The minimum Gasteiger partial charge on any atom is -0.506 e. The van der Waals surface area contributed by atoms with Crippen LogP contribution in [-0.2, 0) is 4.79 Å². The van der Waals surface area contributed by atoms with Gasteiger partial charge in [-0.2, -0.15) is 5.10 Å². The van der Waals surface area contributed by atoms with Crippen molar-refractivity contribution in [2.75, 3.05) is 26.2 Å². The highest BCUT2D eigenvalue weighted by Gasteiger charge is 2.26. The lowest BCUT2D eigenvalue weighted by Gasteiger charge is -2.37. The summed E-state index contributed by atoms with van der Waals surface area (Å²) in [6.45, 7) is 6.03. The SMILES string of the molecule is CC(=NNC(=S)N1CCN(C(C)C(=O)O)CC1)c1csc(-c2ccc(Br)cc2)c1O. The van der Waals surface area contributed by atoms with Crippen molar-refractivity contribution in [2.24, 2.45) is 5.10 Å². The largest absolute Gasteiger partial charge is 0.506 e. The van der Waals surface area contributed by atoms with E-state index in [2.05, 4.69) is 26.5 Å². The second-order valence-corrected chi connectivity index (χ2v) is 9.17. The van der Waals surface area contributed by atoms with E-state index in [1.54, 1.807) is 6.92 Å². The Morgan fingerprint density at radius 1 is 1.27 bits per heavy atom. The van der Waals surface area contributed by atoms with Gasteiger partial charge in [0.05, 0.1) is 16.2 Å². The maximum Gasteiger partial charge on any atom is 0.320 e. The quantitative estimate of drug-likeness (QED) is 0.321. The van der Waals surface area contributed by atoms with Gasteiger partial charge < -0.3 is 15.1 Å². The number of nitrogens with zero attached hydrogens (tertiary/aromatic N) is 3. The fraction of sp³-hybridized carbons (Fsp3) is 0.350. The molecule has 2 heterocycles. The van der Waals surface area contributed by atoms with Crippen molar-refractivity contribution in [2.45, 2.75) is 19.9 Å². The normalized spacial score (nSPS) is 16.4. The smallest absolute Gasteiger partial charge is 0.320 e. The maximum absolute atomic E-state index is 11.1. The van der Waals surface area contributed by atoms with Gasteiger partial charge in [0.15, 0.2) is 5.11 Å². The average Bonchev–Trinajstić information content (AvgIpc) is 3.13. The first-order chi connectivity index (χ1) is 14.3. The van der Waals surface area contributed by atoms with Crippen LogP contribution in [0.25, 0.3) is 10.4 Å². The minimum absolute atomic E-state index is 0.201. The molecule has 2 aromatic rings. The van der Waals surface area contributed by atoms with Crippen LogP contribution in [-0.4, -0.2) is 69.0 Å². The van der Waals surface area contributed by atoms with Crippen LogP contribution in [0.1, 0.15) is 19.4 Å². The third kappa shape index (κ3) is 5.18. The molecule has 0 aliphatic carbocycles. The molecule has 30 heavy (non-hydrogen) atoms. The molecular weight excluding hydrogens is 488 g/mol. The molecule has 0 bridgehead atoms. The lowest BCUT2D eigenvalue weighted by molar-refractivity contribution is -0.143. The number of aliphatic carboxylic acids is 1. The standard InChI is InChI=1S/C20H23BrN4O3S2/c1-12(16-11-30-18(17(16)26)14-3-5-15(21)6-4-14)22-23-20(29)25-9-7-24(8-10-25)13(2)19(27)28/h3-6,11,13,26H,7-10H2,1-2H3,(H,23,29)(H,27,28). The molecule has 3 rings (SSSR count). The number of aromatic hydroxyl groups is 1. The number of hydrazone groups is 1. The summed E-state index contributed by atoms with van der Waals surface area (Å²) < 4.78 is 0.983. The second kappa shape index (κ2) is 9.86. The Bertz CT molecular complexity index is 953. The van der Waals surface area contributed by atoms with E-state index in [4.69, 9.17) is 17.3 Å². The molecule has 7 nitrogen and oxygen atoms in total. The number of hydrogen-bond donors (Lipinski definition) is 3. The van der Waals surface area contributed by atoms with E-state index in [0.717, 1.165) is 14.9 Å². The van der Waals surface area contributed by atoms with E-state index in [0.29, 0.717) is 42.6 Å². The maximum atomic E-state index is 11.1. The highest BCUT2D eigenvalue weighted by molar-refractivity contribution is 9.10. The Labute approximate surface area is 193 Å². The molecule has 1 aromatic carbocycles. The van der Waals surface area contributed by atoms with Crippen LogP contribution in [0.2, 0.25) is 0 Å². The first kappa shape index (κ1) is 22.7. The molecule has 1 aliphatic rings. The Balaban J connectivity index is 1.61. The zero-order valence-corrected chi connectivity index (χ0v) is 19.9. The molecule has 1 atom stereocenters. The molecule has 0 saturated carbocycles. The predicted octanol–water partition coefficient (Wildman–Crippen LogP) is 3.57. The zero-order valence-electron chi connectivity index (χ0n) is 16.6. The molecule has 1 aromatic heterocycles. The average molecular weight is 511 g/mol. The van der Waals surface area contributed by atoms with Gasteiger partial charge in [0.2, 0.25) is 0 Å². The second-order valence-electron chi connectivity index (χ2n) is 6.99. The summed E-state index contributed by atoms with van der Waals surface area (Å²) in [4.78, 5) is 15.8. The Morgan fingerprint density at radius 3 is 2.50 bits per heavy atom. The van der Waals surface area contributed by atoms with E-state index < -0.39 is 12.0 Å². The number of halogens is 1. The van der Waals surface area contributed by atoms with Gasteiger partial charge in [-0.25, -0.2) is 0 Å². The van der Waals surface area contributed by atoms with Gasteiger partial charge in [-0.1, -0.05) is 28.1 Å². The first-order valence-corrected chi connectivity index (χ1v) is 11.5. The van der Waals surface area contributed by atoms with Crippen molar-refractivity contribution in [1.82, 2.24) is 15.2 Å². The van der Waals surface area contributed by atoms with Crippen molar-refractivity contribution in [3.8, 4) is 16.2 Å². The van der Waals surface area contributed by atoms with Crippen LogP contribution in [0.4, 0.5) is 0 Å². The van der Waals surface area contributed by atoms with Crippen molar-refractivity contribution in [3.63, 3.8) is 0 Å². The summed E-state index contributed by atoms with van der Waals surface area (Å²) in [5.74, 6) is -0.616. The van der Waals surface area contributed by atoms with Crippen LogP contribution in [0.15, 0.2) is 39.2 Å². The van der Waals surface area contributed by atoms with E-state index in [9.17, 15) is 9.90 Å². The van der Waals surface area contributed by atoms with Crippen molar-refractivity contribution >= 4 is 56.3 Å². The van der Waals surface area contributed by atoms with Gasteiger partial charge in [0.1, 0.15) is 11.8 Å². The lowest BCUT2D eigenvalue weighted by atomic mass is 10.1. The fourth-order valence-electron chi connectivity index (χ4n) is 3.15. The number of carboxylic acids is 1. The van der Waals surface area contributed by atoms with Crippen LogP contribution >= 0.6 is 39.5 Å². The Kier molecular flexibility index (Phi) is 7.45. The highest BCUT2D eigenvalue weighted by Crippen LogP contribution is 2.39. The summed E-state index contributed by atoms with van der Waals surface area (Å²) in [5, 5.41) is 26.5. The van der Waals surface area contributed by atoms with Gasteiger partial charge in [0.25, 0.3) is 0 Å². The third-order valence-electron chi connectivity index (χ3n) is 5.09. The number of thiocarbonyl (C=S) groups is 1. The van der Waals surface area contributed by atoms with E-state index in [1.165, 1.54) is 11.3 Å². The van der Waals surface area contributed by atoms with Crippen LogP contribution < -0.4 is 5.43 Å². The van der Waals surface area contributed by atoms with E-state index in [1.807, 2.05) is 46.4 Å². The van der Waals surface area contributed by atoms with Gasteiger partial charge in [0, 0.05) is 36.0 Å². The molecular formula is C20H23BrN4O3S2. The molecule has 10 heteroatoms. The fourth-order valence-corrected chi connectivity index (χ4v) is 4.65. The van der Waals surface area contributed by atoms with Crippen LogP contribution in [0, 0.1) is 0 Å². The predicted molar refractivity (Wildman–Crippen MR) is 127 cm³/mol. The monoisotopic (exact) mass is 510 g/mol. The van der Waals surface area contributed by atoms with E-state index >= 15 is 0 Å². The number of nitrogens with one attached hydrogen (secondary N) is 1. The summed E-state index contributed by atoms with van der Waals surface area (Å²) in [5.41, 5.74) is 5.13. The molecule has 1 aliphatic heterocycles. The zero-order chi connectivity index (χ0) is 21.8. The molecule has 160 valence electrons. The number of thiophene rings is 1. The molecule has 3 N–H and O–H groups in total. The number of benzene rings is 1. The van der Waals surface area contributed by atoms with E-state index in [-0.39, 0.29) is 5.75 Å². The number of hydrogen-bond acceptors (Lipinski definition) is 6. The number of rotatable bonds is 5. The molecule has 1 saturated heterocycles. The number of piperazine rings is 1. The molecule has 0 spiro atoms. The minimum atomic E-state index is -0.817. The topological polar surface area (TPSA) is 88.4 Å². The highest BCUT2D eigenvalue weighted by atomic mass is 79.9. The Morgan fingerprint density at radius 2 is 1.90 bits per heavy atom. The van der Waals surface area contributed by atoms with Gasteiger partial charge in [-0.05, 0) is 43.8 Å². The van der Waals surface area contributed by atoms with Gasteiger partial charge >= 0.3 is 5.97 Å². The third-order valence-corrected chi connectivity index (χ3v) is 6.98. The summed E-state index contributed by atoms with van der Waals surface area (Å²) in [6.07, 6.45) is 0. The first-order valence-electron chi connectivity index (χ1n) is 9.40. The number of carboxylic acid groups (broad SMARTS) is 1. The molecule has 1 fully saturated rings. The lowest BCUT2D eigenvalue weighted by Crippen LogP contribution is -2.54. The van der Waals surface area contributed by atoms with Crippen LogP contribution in [0.3, 0.4) is 0 Å². The summed E-state index contributed by atoms with van der Waals surface area (Å²) in [7, 11) is 0. The van der Waals surface area contributed by atoms with Gasteiger partial charge in [-0.3, -0.25) is 15.1 Å². The molecule has 0 radical (unpaired) electrons. The summed E-state index contributed by atoms with van der Waals surface area (Å²) in [6, 6.07) is 7.27. The van der Waals surface area contributed by atoms with Gasteiger partial charge in [-0.15, -0.1) is 11.3 Å². The molecule has 0 amide bonds. The molecule has 1 unspecified atom stereocenters. The van der Waals surface area contributed by atoms with Crippen molar-refractivity contribution < 1.29 is 15.0 Å². The van der Waals surface area contributed by atoms with Crippen molar-refractivity contribution in [1.29, 1.82) is 0 Å². The Hall–Kier alpha value is -2.01. The number of carbonyl (C=O) groups is 1. The summed E-state index contributed by atoms with van der Waals surface area (Å²) >= 11 is 10.3.